The minimum atomic E-state index is -0.379. The Hall–Kier alpha value is -3.26. The van der Waals surface area contributed by atoms with Gasteiger partial charge in [0.1, 0.15) is 0 Å². The number of para-hydroxylation sites is 2. The van der Waals surface area contributed by atoms with Crippen LogP contribution in [0.25, 0.3) is 11.3 Å². The fourth-order valence-corrected chi connectivity index (χ4v) is 2.61. The van der Waals surface area contributed by atoms with Crippen LogP contribution in [0.3, 0.4) is 0 Å². The van der Waals surface area contributed by atoms with Crippen LogP contribution in [0.4, 0.5) is 5.69 Å². The van der Waals surface area contributed by atoms with Gasteiger partial charge in [0, 0.05) is 17.3 Å². The van der Waals surface area contributed by atoms with Gasteiger partial charge in [0.2, 0.25) is 0 Å². The number of hydrogen-bond acceptors (Lipinski definition) is 6. The summed E-state index contributed by atoms with van der Waals surface area (Å²) in [6.45, 7) is 0. The van der Waals surface area contributed by atoms with Crippen LogP contribution in [0.2, 0.25) is 0 Å². The fraction of sp³-hybridized carbons (Fsp3) is 0.111. The zero-order chi connectivity index (χ0) is 18.5. The highest BCUT2D eigenvalue weighted by Gasteiger charge is 2.11. The number of methoxy groups -OCH3 is 2. The van der Waals surface area contributed by atoms with E-state index in [0.717, 1.165) is 5.56 Å². The van der Waals surface area contributed by atoms with Crippen LogP contribution in [0.15, 0.2) is 52.3 Å². The summed E-state index contributed by atoms with van der Waals surface area (Å²) < 4.78 is 10.9. The molecule has 3 aromatic rings. The first kappa shape index (κ1) is 17.6. The van der Waals surface area contributed by atoms with Crippen molar-refractivity contribution in [3.8, 4) is 22.8 Å². The molecule has 0 aliphatic heterocycles. The SMILES string of the molecule is COc1cccc(C=Nc2ccccc2-c2n[nH]c(=S)[nH]c2=O)c1OC. The van der Waals surface area contributed by atoms with Crippen molar-refractivity contribution in [3.63, 3.8) is 0 Å². The minimum absolute atomic E-state index is 0.167. The number of aromatic amines is 2. The molecule has 0 fully saturated rings. The van der Waals surface area contributed by atoms with Crippen molar-refractivity contribution >= 4 is 24.1 Å². The molecule has 0 unspecified atom stereocenters. The van der Waals surface area contributed by atoms with Gasteiger partial charge in [-0.05, 0) is 30.4 Å². The second kappa shape index (κ2) is 7.75. The van der Waals surface area contributed by atoms with Crippen LogP contribution in [0.1, 0.15) is 5.56 Å². The minimum Gasteiger partial charge on any atom is -0.493 e. The molecule has 7 nitrogen and oxygen atoms in total. The summed E-state index contributed by atoms with van der Waals surface area (Å²) in [5, 5.41) is 6.63. The Balaban J connectivity index is 2.06. The number of nitrogens with zero attached hydrogens (tertiary/aromatic N) is 2. The number of ether oxygens (including phenoxy) is 2. The highest BCUT2D eigenvalue weighted by atomic mass is 32.1. The molecular formula is C18H16N4O3S. The zero-order valence-corrected chi connectivity index (χ0v) is 15.0. The molecule has 0 aliphatic carbocycles. The predicted octanol–water partition coefficient (Wildman–Crippen LogP) is 3.26. The summed E-state index contributed by atoms with van der Waals surface area (Å²) in [5.74, 6) is 1.19. The molecule has 0 saturated carbocycles. The van der Waals surface area contributed by atoms with Gasteiger partial charge in [-0.3, -0.25) is 19.9 Å². The van der Waals surface area contributed by atoms with Gasteiger partial charge in [-0.15, -0.1) is 0 Å². The number of aliphatic imine (C=N–C) groups is 1. The largest absolute Gasteiger partial charge is 0.493 e. The van der Waals surface area contributed by atoms with Crippen LogP contribution in [-0.2, 0) is 0 Å². The number of rotatable bonds is 5. The molecule has 132 valence electrons. The summed E-state index contributed by atoms with van der Waals surface area (Å²) in [4.78, 5) is 19.2. The first-order valence-electron chi connectivity index (χ1n) is 7.67. The number of H-pyrrole nitrogens is 2. The molecule has 3 rings (SSSR count). The van der Waals surface area contributed by atoms with Gasteiger partial charge in [-0.1, -0.05) is 24.3 Å². The lowest BCUT2D eigenvalue weighted by molar-refractivity contribution is 0.354. The smallest absolute Gasteiger partial charge is 0.278 e. The normalized spacial score (nSPS) is 10.8. The van der Waals surface area contributed by atoms with Gasteiger partial charge < -0.3 is 9.47 Å². The third-order valence-corrected chi connectivity index (χ3v) is 3.84. The monoisotopic (exact) mass is 368 g/mol. The molecule has 1 aromatic heterocycles. The Morgan fingerprint density at radius 1 is 1.12 bits per heavy atom. The fourth-order valence-electron chi connectivity index (χ4n) is 2.47. The van der Waals surface area contributed by atoms with E-state index in [-0.39, 0.29) is 16.0 Å². The van der Waals surface area contributed by atoms with Gasteiger partial charge in [0.25, 0.3) is 5.56 Å². The standard InChI is InChI=1S/C18H16N4O3S/c1-24-14-9-5-6-11(16(14)25-2)10-19-13-8-4-3-7-12(13)15-17(23)20-18(26)22-21-15/h3-10H,1-2H3,(H2,20,22,23,26). The van der Waals surface area contributed by atoms with Crippen molar-refractivity contribution in [2.24, 2.45) is 4.99 Å². The number of benzene rings is 2. The maximum Gasteiger partial charge on any atom is 0.278 e. The number of hydrogen-bond donors (Lipinski definition) is 2. The van der Waals surface area contributed by atoms with E-state index in [1.54, 1.807) is 38.6 Å². The molecule has 0 amide bonds. The summed E-state index contributed by atoms with van der Waals surface area (Å²) in [5.41, 5.74) is 1.74. The molecule has 26 heavy (non-hydrogen) atoms. The van der Waals surface area contributed by atoms with E-state index >= 15 is 0 Å². The molecule has 0 spiro atoms. The van der Waals surface area contributed by atoms with Crippen LogP contribution in [0.5, 0.6) is 11.5 Å². The van der Waals surface area contributed by atoms with Crippen LogP contribution in [0, 0.1) is 4.77 Å². The van der Waals surface area contributed by atoms with Gasteiger partial charge in [0.15, 0.2) is 22.0 Å². The average molecular weight is 368 g/mol. The molecule has 0 saturated heterocycles. The zero-order valence-electron chi connectivity index (χ0n) is 14.1. The van der Waals surface area contributed by atoms with Crippen LogP contribution < -0.4 is 15.0 Å². The average Bonchev–Trinajstić information content (AvgIpc) is 2.66. The number of aromatic nitrogens is 3. The van der Waals surface area contributed by atoms with Crippen molar-refractivity contribution in [1.29, 1.82) is 0 Å². The topological polar surface area (TPSA) is 92.4 Å². The summed E-state index contributed by atoms with van der Waals surface area (Å²) in [6, 6.07) is 12.7. The van der Waals surface area contributed by atoms with Crippen molar-refractivity contribution in [1.82, 2.24) is 15.2 Å². The molecule has 0 bridgehead atoms. The quantitative estimate of drug-likeness (QED) is 0.533. The van der Waals surface area contributed by atoms with E-state index < -0.39 is 0 Å². The molecule has 0 radical (unpaired) electrons. The van der Waals surface area contributed by atoms with E-state index in [9.17, 15) is 4.79 Å². The maximum absolute atomic E-state index is 12.2. The van der Waals surface area contributed by atoms with Gasteiger partial charge in [-0.25, -0.2) is 0 Å². The highest BCUT2D eigenvalue weighted by Crippen LogP contribution is 2.31. The Morgan fingerprint density at radius 2 is 1.92 bits per heavy atom. The molecule has 0 atom stereocenters. The second-order valence-electron chi connectivity index (χ2n) is 5.21. The lowest BCUT2D eigenvalue weighted by Gasteiger charge is -2.09. The Kier molecular flexibility index (Phi) is 5.23. The molecule has 2 aromatic carbocycles. The van der Waals surface area contributed by atoms with E-state index in [1.807, 2.05) is 24.3 Å². The van der Waals surface area contributed by atoms with E-state index in [0.29, 0.717) is 22.7 Å². The maximum atomic E-state index is 12.2. The van der Waals surface area contributed by atoms with E-state index in [4.69, 9.17) is 21.7 Å². The van der Waals surface area contributed by atoms with Crippen molar-refractivity contribution < 1.29 is 9.47 Å². The van der Waals surface area contributed by atoms with Crippen molar-refractivity contribution in [2.45, 2.75) is 0 Å². The summed E-state index contributed by atoms with van der Waals surface area (Å²) in [7, 11) is 3.14. The summed E-state index contributed by atoms with van der Waals surface area (Å²) in [6.07, 6.45) is 1.65. The Morgan fingerprint density at radius 3 is 2.65 bits per heavy atom. The Bertz CT molecular complexity index is 1070. The lowest BCUT2D eigenvalue weighted by Crippen LogP contribution is -2.12. The molecule has 0 aliphatic rings. The third-order valence-electron chi connectivity index (χ3n) is 3.65. The van der Waals surface area contributed by atoms with Gasteiger partial charge >= 0.3 is 0 Å². The first-order chi connectivity index (χ1) is 12.6. The van der Waals surface area contributed by atoms with Crippen LogP contribution >= 0.6 is 12.2 Å². The molecule has 1 heterocycles. The first-order valence-corrected chi connectivity index (χ1v) is 8.08. The molecular weight excluding hydrogens is 352 g/mol. The molecule has 8 heteroatoms. The number of nitrogens with one attached hydrogen (secondary N) is 2. The van der Waals surface area contributed by atoms with Crippen molar-refractivity contribution in [2.75, 3.05) is 14.2 Å². The summed E-state index contributed by atoms with van der Waals surface area (Å²) >= 11 is 4.88. The van der Waals surface area contributed by atoms with E-state index in [2.05, 4.69) is 20.2 Å². The Labute approximate surface area is 154 Å². The lowest BCUT2D eigenvalue weighted by atomic mass is 10.1. The highest BCUT2D eigenvalue weighted by molar-refractivity contribution is 7.71. The van der Waals surface area contributed by atoms with Gasteiger partial charge in [-0.2, -0.15) is 5.10 Å². The second-order valence-corrected chi connectivity index (χ2v) is 5.62. The third kappa shape index (κ3) is 3.55. The van der Waals surface area contributed by atoms with Crippen molar-refractivity contribution in [3.05, 3.63) is 63.2 Å². The van der Waals surface area contributed by atoms with E-state index in [1.165, 1.54) is 0 Å². The van der Waals surface area contributed by atoms with Crippen LogP contribution in [-0.4, -0.2) is 35.6 Å². The van der Waals surface area contributed by atoms with Gasteiger partial charge in [0.05, 0.1) is 19.9 Å². The molecule has 2 N–H and O–H groups in total. The predicted molar refractivity (Wildman–Crippen MR) is 102 cm³/mol.